The van der Waals surface area contributed by atoms with Gasteiger partial charge in [0.2, 0.25) is 0 Å². The number of fused-ring (bicyclic) bond motifs is 15. The predicted octanol–water partition coefficient (Wildman–Crippen LogP) is 21.7. The molecular weight excluding hydrogens is 1080 g/mol. The van der Waals surface area contributed by atoms with Crippen LogP contribution in [0.3, 0.4) is 0 Å². The molecule has 0 radical (unpaired) electrons. The van der Waals surface area contributed by atoms with Gasteiger partial charge in [0.15, 0.2) is 0 Å². The van der Waals surface area contributed by atoms with Crippen LogP contribution in [0.25, 0.3) is 100 Å². The number of benzene rings is 10. The van der Waals surface area contributed by atoms with E-state index in [0.29, 0.717) is 57.3 Å². The molecule has 5 aliphatic rings. The first-order chi connectivity index (χ1) is 40.7. The molecule has 10 aromatic rings. The van der Waals surface area contributed by atoms with Crippen molar-refractivity contribution in [3.05, 3.63) is 250 Å². The lowest BCUT2D eigenvalue weighted by Gasteiger charge is -2.32. The van der Waals surface area contributed by atoms with Crippen molar-refractivity contribution >= 4 is 0 Å². The van der Waals surface area contributed by atoms with E-state index in [2.05, 4.69) is 74.5 Å². The molecule has 15 rings (SSSR count). The minimum Gasteiger partial charge on any atom is -0.250 e. The van der Waals surface area contributed by atoms with Crippen LogP contribution in [0, 0.1) is 0 Å². The highest BCUT2D eigenvalue weighted by Crippen LogP contribution is 2.63. The third kappa shape index (κ3) is 6.80. The number of rotatable bonds is 8. The first-order valence-corrected chi connectivity index (χ1v) is 29.3. The van der Waals surface area contributed by atoms with Gasteiger partial charge in [-0.2, -0.15) is 26.3 Å². The first kappa shape index (κ1) is 53.4. The Morgan fingerprint density at radius 2 is 0.541 bits per heavy atom. The molecule has 0 heterocycles. The summed E-state index contributed by atoms with van der Waals surface area (Å²) in [5.74, 6) is 0. The Morgan fingerprint density at radius 1 is 0.271 bits per heavy atom. The van der Waals surface area contributed by atoms with Crippen LogP contribution >= 0.6 is 0 Å². The van der Waals surface area contributed by atoms with Crippen molar-refractivity contribution in [3.63, 3.8) is 0 Å². The molecule has 0 N–H and O–H groups in total. The second-order valence-electron chi connectivity index (χ2n) is 25.1. The molecule has 0 amide bonds. The van der Waals surface area contributed by atoms with E-state index in [9.17, 15) is 0 Å². The first-order valence-electron chi connectivity index (χ1n) is 29.3. The predicted molar refractivity (Wildman–Crippen MR) is 327 cm³/mol. The zero-order valence-electron chi connectivity index (χ0n) is 47.8. The molecule has 10 aromatic carbocycles. The van der Waals surface area contributed by atoms with Gasteiger partial charge in [-0.15, -0.1) is 0 Å². The molecule has 0 nitrogen and oxygen atoms in total. The molecule has 0 bridgehead atoms. The quantitative estimate of drug-likeness (QED) is 0.133. The lowest BCUT2D eigenvalue weighted by atomic mass is 9.72. The second-order valence-corrected chi connectivity index (χ2v) is 25.1. The Bertz CT molecular complexity index is 4530. The minimum atomic E-state index is -4.69. The number of alkyl halides is 8. The van der Waals surface area contributed by atoms with Gasteiger partial charge in [0.05, 0.1) is 0 Å². The SMILES string of the molecule is CCC1(CC)c2cc(-c3ccc4c(c3)C(C)(CF)c3ccccc3-4)c(-c3ccc4c(c3)C(C)(CF)c3ccccc3-4)cc2-c2cc(-c3ccc4c(c3)C(C)(C(F)(F)F)c3ccccc3-4)c(-c3ccc4c(c3)C(C)(C(F)(F)F)c3ccccc3-4)cc21. The fourth-order valence-corrected chi connectivity index (χ4v) is 16.3. The second kappa shape index (κ2) is 17.9. The van der Waals surface area contributed by atoms with Gasteiger partial charge in [0, 0.05) is 16.2 Å². The third-order valence-electron chi connectivity index (χ3n) is 21.2. The summed E-state index contributed by atoms with van der Waals surface area (Å²) in [6.07, 6.45) is -8.12. The molecular formula is C77H58F8. The Labute approximate surface area is 489 Å². The molecule has 0 spiro atoms. The molecule has 4 unspecified atom stereocenters. The summed E-state index contributed by atoms with van der Waals surface area (Å²) < 4.78 is 127. The maximum absolute atomic E-state index is 15.9. The average molecular weight is 1140 g/mol. The van der Waals surface area contributed by atoms with Gasteiger partial charge in [-0.1, -0.05) is 159 Å². The van der Waals surface area contributed by atoms with Gasteiger partial charge in [-0.05, 0) is 245 Å². The van der Waals surface area contributed by atoms with Crippen molar-refractivity contribution in [1.29, 1.82) is 0 Å². The van der Waals surface area contributed by atoms with Crippen molar-refractivity contribution in [2.45, 2.75) is 93.8 Å². The van der Waals surface area contributed by atoms with E-state index in [0.717, 1.165) is 89.0 Å². The van der Waals surface area contributed by atoms with E-state index in [1.807, 2.05) is 74.5 Å². The Kier molecular flexibility index (Phi) is 11.2. The number of hydrogen-bond donors (Lipinski definition) is 0. The lowest BCUT2D eigenvalue weighted by molar-refractivity contribution is -0.172. The molecule has 0 aliphatic heterocycles. The highest BCUT2D eigenvalue weighted by atomic mass is 19.4. The van der Waals surface area contributed by atoms with Gasteiger partial charge < -0.3 is 0 Å². The molecule has 0 aromatic heterocycles. The zero-order chi connectivity index (χ0) is 59.1. The largest absolute Gasteiger partial charge is 0.402 e. The normalized spacial score (nSPS) is 21.3. The van der Waals surface area contributed by atoms with Crippen LogP contribution in [0.2, 0.25) is 0 Å². The Hall–Kier alpha value is -8.36. The van der Waals surface area contributed by atoms with Gasteiger partial charge >= 0.3 is 12.4 Å². The topological polar surface area (TPSA) is 0 Å². The van der Waals surface area contributed by atoms with Gasteiger partial charge in [-0.25, -0.2) is 8.78 Å². The van der Waals surface area contributed by atoms with E-state index < -0.39 is 52.8 Å². The summed E-state index contributed by atoms with van der Waals surface area (Å²) in [7, 11) is 0. The lowest BCUT2D eigenvalue weighted by Crippen LogP contribution is -2.38. The maximum Gasteiger partial charge on any atom is 0.402 e. The number of halogens is 8. The Morgan fingerprint density at radius 3 is 0.859 bits per heavy atom. The molecule has 8 heteroatoms. The summed E-state index contributed by atoms with van der Waals surface area (Å²) >= 11 is 0. The minimum absolute atomic E-state index is 0.100. The summed E-state index contributed by atoms with van der Waals surface area (Å²) in [6.45, 7) is 9.44. The zero-order valence-corrected chi connectivity index (χ0v) is 47.8. The van der Waals surface area contributed by atoms with Crippen LogP contribution in [0.4, 0.5) is 35.1 Å². The monoisotopic (exact) mass is 1130 g/mol. The van der Waals surface area contributed by atoms with Crippen LogP contribution in [-0.2, 0) is 27.1 Å². The van der Waals surface area contributed by atoms with Crippen molar-refractivity contribution in [2.24, 2.45) is 0 Å². The fraction of sp³-hybridized carbons (Fsp3) is 0.221. The van der Waals surface area contributed by atoms with Crippen LogP contribution < -0.4 is 0 Å². The van der Waals surface area contributed by atoms with Crippen molar-refractivity contribution in [2.75, 3.05) is 13.3 Å². The molecule has 0 fully saturated rings. The Balaban J connectivity index is 1.01. The fourth-order valence-electron chi connectivity index (χ4n) is 16.3. The van der Waals surface area contributed by atoms with E-state index in [1.54, 1.807) is 72.8 Å². The van der Waals surface area contributed by atoms with E-state index >= 15 is 35.1 Å². The van der Waals surface area contributed by atoms with Crippen molar-refractivity contribution in [3.8, 4) is 100 Å². The van der Waals surface area contributed by atoms with Gasteiger partial charge in [0.25, 0.3) is 0 Å². The summed E-state index contributed by atoms with van der Waals surface area (Å²) in [5.41, 5.74) is 12.1. The highest BCUT2D eigenvalue weighted by molar-refractivity contribution is 6.00. The molecule has 5 aliphatic carbocycles. The molecule has 0 saturated carbocycles. The van der Waals surface area contributed by atoms with Gasteiger partial charge in [-0.3, -0.25) is 0 Å². The molecule has 0 saturated heterocycles. The smallest absolute Gasteiger partial charge is 0.250 e. The average Bonchev–Trinajstić information content (AvgIpc) is 1.67. The van der Waals surface area contributed by atoms with Crippen molar-refractivity contribution < 1.29 is 35.1 Å². The van der Waals surface area contributed by atoms with Crippen LogP contribution in [0.15, 0.2) is 194 Å². The summed E-state index contributed by atoms with van der Waals surface area (Å²) in [6, 6.07) is 61.1. The highest BCUT2D eigenvalue weighted by Gasteiger charge is 2.60. The third-order valence-corrected chi connectivity index (χ3v) is 21.2. The molecule has 85 heavy (non-hydrogen) atoms. The molecule has 4 atom stereocenters. The van der Waals surface area contributed by atoms with E-state index in [1.165, 1.54) is 13.8 Å². The number of hydrogen-bond acceptors (Lipinski definition) is 0. The van der Waals surface area contributed by atoms with E-state index in [-0.39, 0.29) is 22.3 Å². The summed E-state index contributed by atoms with van der Waals surface area (Å²) in [4.78, 5) is 0. The van der Waals surface area contributed by atoms with Crippen LogP contribution in [0.5, 0.6) is 0 Å². The maximum atomic E-state index is 15.9. The van der Waals surface area contributed by atoms with E-state index in [4.69, 9.17) is 0 Å². The van der Waals surface area contributed by atoms with Crippen LogP contribution in [0.1, 0.15) is 110 Å². The van der Waals surface area contributed by atoms with Crippen molar-refractivity contribution in [1.82, 2.24) is 0 Å². The summed E-state index contributed by atoms with van der Waals surface area (Å²) in [5, 5.41) is 0. The van der Waals surface area contributed by atoms with Gasteiger partial charge in [0.1, 0.15) is 24.2 Å². The standard InChI is InChI=1S/C77H58F8/c1-7-75(8-2)69-39-57(44-26-30-52-48-18-10-14-22-62(48)72(4,42-79)66(52)34-44)55(43-25-29-51-47-17-9-13-21-61(47)71(3,41-78)65(51)33-43)37-59(69)60-38-56(45-27-31-53-49-19-11-15-23-63(49)73(5,67(53)35-45)76(80,81)82)58(40-70(60)75)46-28-32-54-50-20-12-16-24-64(50)74(6,68(54)36-46)77(83,84)85/h9-40H,7-8,41-42H2,1-6H3. The van der Waals surface area contributed by atoms with Crippen LogP contribution in [-0.4, -0.2) is 25.7 Å². The molecule has 422 valence electrons.